The third kappa shape index (κ3) is 3.51. The van der Waals surface area contributed by atoms with Gasteiger partial charge in [-0.15, -0.1) is 11.3 Å². The van der Waals surface area contributed by atoms with Crippen molar-refractivity contribution >= 4 is 75.2 Å². The van der Waals surface area contributed by atoms with Gasteiger partial charge in [-0.3, -0.25) is 4.79 Å². The normalized spacial score (nSPS) is 19.5. The number of carbonyl (C=O) groups is 1. The van der Waals surface area contributed by atoms with Gasteiger partial charge in [-0.2, -0.15) is 0 Å². The van der Waals surface area contributed by atoms with Crippen molar-refractivity contribution in [2.24, 2.45) is 11.8 Å². The van der Waals surface area contributed by atoms with Crippen LogP contribution in [0.2, 0.25) is 0 Å². The summed E-state index contributed by atoms with van der Waals surface area (Å²) in [5, 5.41) is 20.3. The van der Waals surface area contributed by atoms with E-state index in [1.165, 1.54) is 69.4 Å². The van der Waals surface area contributed by atoms with Crippen molar-refractivity contribution in [3.8, 4) is 22.3 Å². The molecule has 0 amide bonds. The molecule has 11 rings (SSSR count). The van der Waals surface area contributed by atoms with E-state index in [-0.39, 0.29) is 11.7 Å². The zero-order valence-corrected chi connectivity index (χ0v) is 25.0. The van der Waals surface area contributed by atoms with Crippen molar-refractivity contribution in [3.63, 3.8) is 0 Å². The largest absolute Gasteiger partial charge is 0.384 e. The lowest BCUT2D eigenvalue weighted by Crippen LogP contribution is -2.40. The van der Waals surface area contributed by atoms with Gasteiger partial charge in [0, 0.05) is 26.1 Å². The highest BCUT2D eigenvalue weighted by atomic mass is 32.1. The first kappa shape index (κ1) is 25.3. The van der Waals surface area contributed by atoms with E-state index in [1.54, 1.807) is 0 Å². The molecule has 0 saturated carbocycles. The molecule has 3 atom stereocenters. The molecule has 0 saturated heterocycles. The summed E-state index contributed by atoms with van der Waals surface area (Å²) in [5.74, 6) is -0.743. The molecule has 0 fully saturated rings. The fourth-order valence-corrected chi connectivity index (χ4v) is 9.13. The molecule has 1 N–H and O–H groups in total. The number of thiophene rings is 1. The molecule has 3 aliphatic carbocycles. The van der Waals surface area contributed by atoms with Crippen LogP contribution < -0.4 is 0 Å². The maximum atomic E-state index is 12.9. The van der Waals surface area contributed by atoms with Crippen LogP contribution in [0.15, 0.2) is 133 Å². The number of hydrogen-bond acceptors (Lipinski definition) is 3. The number of hydrogen-bond donors (Lipinski definition) is 1. The number of carbonyl (C=O) groups excluding carboxylic acids is 1. The maximum Gasteiger partial charge on any atom is 0.173 e. The van der Waals surface area contributed by atoms with Gasteiger partial charge in [0.15, 0.2) is 5.78 Å². The van der Waals surface area contributed by atoms with E-state index in [0.29, 0.717) is 0 Å². The van der Waals surface area contributed by atoms with Crippen molar-refractivity contribution in [2.45, 2.75) is 6.10 Å². The number of aliphatic hydroxyl groups is 1. The van der Waals surface area contributed by atoms with Gasteiger partial charge in [-0.1, -0.05) is 127 Å². The van der Waals surface area contributed by atoms with Crippen molar-refractivity contribution in [1.82, 2.24) is 0 Å². The molecule has 2 nitrogen and oxygen atoms in total. The molecule has 0 radical (unpaired) electrons. The van der Waals surface area contributed by atoms with E-state index in [0.717, 1.165) is 16.5 Å². The van der Waals surface area contributed by atoms with E-state index < -0.39 is 12.0 Å². The second kappa shape index (κ2) is 9.21. The van der Waals surface area contributed by atoms with Crippen LogP contribution in [0.25, 0.3) is 80.3 Å². The van der Waals surface area contributed by atoms with Crippen molar-refractivity contribution in [2.75, 3.05) is 0 Å². The first-order valence-corrected chi connectivity index (χ1v) is 16.3. The summed E-state index contributed by atoms with van der Waals surface area (Å²) in [4.78, 5) is 12.9. The summed E-state index contributed by atoms with van der Waals surface area (Å²) in [6.45, 7) is 0. The number of ketones is 1. The first-order valence-electron chi connectivity index (χ1n) is 15.5. The minimum absolute atomic E-state index is 0.0972. The number of aliphatic hydroxyl groups excluding tert-OH is 1. The maximum absolute atomic E-state index is 12.9. The molecule has 212 valence electrons. The van der Waals surface area contributed by atoms with Gasteiger partial charge in [0.2, 0.25) is 0 Å². The Kier molecular flexibility index (Phi) is 5.17. The minimum atomic E-state index is -0.935. The second-order valence-corrected chi connectivity index (χ2v) is 13.5. The van der Waals surface area contributed by atoms with Gasteiger partial charge in [-0.05, 0) is 71.8 Å². The number of benzene rings is 7. The lowest BCUT2D eigenvalue weighted by atomic mass is 9.71. The molecular weight excluding hydrogens is 569 g/mol. The minimum Gasteiger partial charge on any atom is -0.384 e. The average molecular weight is 595 g/mol. The van der Waals surface area contributed by atoms with Gasteiger partial charge in [0.25, 0.3) is 0 Å². The standard InChI is InChI=1S/C42H26O2S/c43-40-27-16-21-34(41(40)44)36(22-27)30-18-13-26-14-19-32-28(17-12-25-15-20-33(30)39(26)38(25)32)23-8-10-24(11-9-23)29-5-3-6-35-31-4-1-2-7-37(31)45-42(29)35/h1-22,27,34,40,43H. The van der Waals surface area contributed by atoms with Crippen LogP contribution in [0.5, 0.6) is 0 Å². The fourth-order valence-electron chi connectivity index (χ4n) is 7.89. The molecule has 3 unspecified atom stereocenters. The first-order chi connectivity index (χ1) is 22.1. The Labute approximate surface area is 263 Å². The Hall–Kier alpha value is -5.09. The van der Waals surface area contributed by atoms with E-state index in [9.17, 15) is 9.90 Å². The van der Waals surface area contributed by atoms with Gasteiger partial charge in [0.1, 0.15) is 6.10 Å². The highest BCUT2D eigenvalue weighted by Gasteiger charge is 2.39. The summed E-state index contributed by atoms with van der Waals surface area (Å²) in [5.41, 5.74) is 7.00. The molecule has 3 heteroatoms. The molecule has 1 aromatic heterocycles. The summed E-state index contributed by atoms with van der Waals surface area (Å²) in [6.07, 6.45) is 5.09. The van der Waals surface area contributed by atoms with E-state index in [4.69, 9.17) is 0 Å². The van der Waals surface area contributed by atoms with E-state index in [1.807, 2.05) is 23.5 Å². The zero-order chi connectivity index (χ0) is 29.8. The Morgan fingerprint density at radius 2 is 1.20 bits per heavy atom. The molecule has 2 bridgehead atoms. The lowest BCUT2D eigenvalue weighted by Gasteiger charge is -2.34. The van der Waals surface area contributed by atoms with Gasteiger partial charge >= 0.3 is 0 Å². The topological polar surface area (TPSA) is 37.3 Å². The molecule has 3 aliphatic rings. The number of fused-ring (bicyclic) bond motifs is 4. The molecule has 8 aromatic rings. The highest BCUT2D eigenvalue weighted by Crippen LogP contribution is 2.46. The monoisotopic (exact) mass is 594 g/mol. The molecule has 0 aliphatic heterocycles. The molecule has 0 spiro atoms. The highest BCUT2D eigenvalue weighted by molar-refractivity contribution is 7.26. The SMILES string of the molecule is O=C1C2C=CC(C=C2c2ccc3ccc4c(-c5ccc(-c6cccc7c6sc6ccccc67)cc5)ccc5ccc2c3c54)C1O. The number of allylic oxidation sites excluding steroid dienone is 2. The van der Waals surface area contributed by atoms with Gasteiger partial charge in [-0.25, -0.2) is 0 Å². The van der Waals surface area contributed by atoms with Crippen LogP contribution in [0.3, 0.4) is 0 Å². The Balaban J connectivity index is 1.12. The molecule has 1 heterocycles. The zero-order valence-electron chi connectivity index (χ0n) is 24.2. The van der Waals surface area contributed by atoms with Crippen LogP contribution in [0, 0.1) is 11.8 Å². The van der Waals surface area contributed by atoms with E-state index >= 15 is 0 Å². The quantitative estimate of drug-likeness (QED) is 0.163. The summed E-state index contributed by atoms with van der Waals surface area (Å²) < 4.78 is 2.65. The predicted octanol–water partition coefficient (Wildman–Crippen LogP) is 10.4. The second-order valence-electron chi connectivity index (χ2n) is 12.4. The molecular formula is C42H26O2S. The summed E-state index contributed by atoms with van der Waals surface area (Å²) >= 11 is 1.87. The van der Waals surface area contributed by atoms with E-state index in [2.05, 4.69) is 121 Å². The Bertz CT molecular complexity index is 2580. The molecule has 7 aromatic carbocycles. The van der Waals surface area contributed by atoms with Crippen LogP contribution >= 0.6 is 11.3 Å². The van der Waals surface area contributed by atoms with Crippen molar-refractivity contribution in [3.05, 3.63) is 139 Å². The molecule has 45 heavy (non-hydrogen) atoms. The Morgan fingerprint density at radius 1 is 0.556 bits per heavy atom. The number of Topliss-reactive ketones (excluding diaryl/α,β-unsaturated/α-hetero) is 1. The van der Waals surface area contributed by atoms with Gasteiger partial charge in [0.05, 0.1) is 5.92 Å². The Morgan fingerprint density at radius 3 is 1.96 bits per heavy atom. The third-order valence-electron chi connectivity index (χ3n) is 10.1. The van der Waals surface area contributed by atoms with Crippen LogP contribution in [-0.4, -0.2) is 17.0 Å². The average Bonchev–Trinajstić information content (AvgIpc) is 3.48. The van der Waals surface area contributed by atoms with Crippen LogP contribution in [0.1, 0.15) is 5.56 Å². The fraction of sp³-hybridized carbons (Fsp3) is 0.0714. The third-order valence-corrected chi connectivity index (χ3v) is 11.3. The summed E-state index contributed by atoms with van der Waals surface area (Å²) in [7, 11) is 0. The smallest absolute Gasteiger partial charge is 0.173 e. The lowest BCUT2D eigenvalue weighted by molar-refractivity contribution is -0.130. The van der Waals surface area contributed by atoms with Crippen molar-refractivity contribution in [1.29, 1.82) is 0 Å². The predicted molar refractivity (Wildman–Crippen MR) is 189 cm³/mol. The number of rotatable bonds is 3. The van der Waals surface area contributed by atoms with Gasteiger partial charge < -0.3 is 5.11 Å². The van der Waals surface area contributed by atoms with Crippen LogP contribution in [-0.2, 0) is 4.79 Å². The van der Waals surface area contributed by atoms with Crippen LogP contribution in [0.4, 0.5) is 0 Å². The van der Waals surface area contributed by atoms with Crippen molar-refractivity contribution < 1.29 is 9.90 Å². The summed E-state index contributed by atoms with van der Waals surface area (Å²) in [6, 6.07) is 42.0.